The van der Waals surface area contributed by atoms with E-state index in [-0.39, 0.29) is 0 Å². The van der Waals surface area contributed by atoms with Crippen molar-refractivity contribution in [3.63, 3.8) is 0 Å². The molecule has 0 aromatic heterocycles. The van der Waals surface area contributed by atoms with Crippen LogP contribution >= 0.6 is 0 Å². The zero-order valence-corrected chi connectivity index (χ0v) is 12.1. The summed E-state index contributed by atoms with van der Waals surface area (Å²) in [5.74, 6) is 0. The van der Waals surface area contributed by atoms with Gasteiger partial charge in [-0.2, -0.15) is 12.7 Å². The van der Waals surface area contributed by atoms with E-state index in [1.807, 2.05) is 37.2 Å². The van der Waals surface area contributed by atoms with Crippen LogP contribution in [0.4, 0.5) is 11.4 Å². The minimum absolute atomic E-state index is 0.499. The summed E-state index contributed by atoms with van der Waals surface area (Å²) < 4.78 is 28.7. The summed E-state index contributed by atoms with van der Waals surface area (Å²) in [7, 11) is 0.298. The van der Waals surface area contributed by atoms with Crippen molar-refractivity contribution < 1.29 is 8.42 Å². The van der Waals surface area contributed by atoms with Crippen molar-refractivity contribution in [3.05, 3.63) is 24.3 Å². The molecular weight excluding hydrogens is 264 g/mol. The van der Waals surface area contributed by atoms with Gasteiger partial charge in [0.05, 0.1) is 11.4 Å². The number of anilines is 2. The number of hydrogen-bond acceptors (Lipinski definition) is 4. The average molecular weight is 284 g/mol. The maximum absolute atomic E-state index is 12.3. The minimum atomic E-state index is -3.48. The van der Waals surface area contributed by atoms with Crippen molar-refractivity contribution in [1.29, 1.82) is 0 Å². The third-order valence-corrected chi connectivity index (χ3v) is 4.56. The van der Waals surface area contributed by atoms with Gasteiger partial charge in [0.15, 0.2) is 0 Å². The highest BCUT2D eigenvalue weighted by Gasteiger charge is 2.24. The van der Waals surface area contributed by atoms with E-state index in [1.54, 1.807) is 6.07 Å². The lowest BCUT2D eigenvalue weighted by molar-refractivity contribution is 0.362. The van der Waals surface area contributed by atoms with Gasteiger partial charge in [0, 0.05) is 40.3 Å². The Morgan fingerprint density at radius 1 is 1.21 bits per heavy atom. The van der Waals surface area contributed by atoms with Gasteiger partial charge in [-0.15, -0.1) is 0 Å². The van der Waals surface area contributed by atoms with Gasteiger partial charge >= 0.3 is 10.2 Å². The van der Waals surface area contributed by atoms with Crippen molar-refractivity contribution in [2.24, 2.45) is 0 Å². The molecule has 1 aromatic rings. The second-order valence-corrected chi connectivity index (χ2v) is 6.34. The van der Waals surface area contributed by atoms with Crippen LogP contribution in [0.15, 0.2) is 24.3 Å². The first-order valence-electron chi connectivity index (χ1n) is 6.25. The van der Waals surface area contributed by atoms with Crippen LogP contribution in [-0.2, 0) is 10.2 Å². The summed E-state index contributed by atoms with van der Waals surface area (Å²) in [5, 5.41) is 3.14. The Kier molecular flexibility index (Phi) is 4.28. The van der Waals surface area contributed by atoms with E-state index in [9.17, 15) is 8.42 Å². The van der Waals surface area contributed by atoms with Crippen LogP contribution < -0.4 is 14.9 Å². The van der Waals surface area contributed by atoms with Crippen LogP contribution in [-0.4, -0.2) is 53.0 Å². The van der Waals surface area contributed by atoms with E-state index in [4.69, 9.17) is 0 Å². The van der Waals surface area contributed by atoms with Gasteiger partial charge in [0.1, 0.15) is 0 Å². The molecule has 19 heavy (non-hydrogen) atoms. The van der Waals surface area contributed by atoms with Crippen molar-refractivity contribution in [2.45, 2.75) is 0 Å². The summed E-state index contributed by atoms with van der Waals surface area (Å²) in [6.45, 7) is 2.38. The molecular formula is C12H20N4O2S. The van der Waals surface area contributed by atoms with Crippen molar-refractivity contribution in [1.82, 2.24) is 9.62 Å². The fourth-order valence-electron chi connectivity index (χ4n) is 2.04. The van der Waals surface area contributed by atoms with E-state index in [0.29, 0.717) is 31.9 Å². The van der Waals surface area contributed by atoms with Gasteiger partial charge in [-0.25, -0.2) is 0 Å². The molecule has 0 unspecified atom stereocenters. The Morgan fingerprint density at radius 3 is 2.47 bits per heavy atom. The minimum Gasteiger partial charge on any atom is -0.376 e. The van der Waals surface area contributed by atoms with E-state index in [1.165, 1.54) is 4.31 Å². The number of benzene rings is 1. The molecule has 6 nitrogen and oxygen atoms in total. The van der Waals surface area contributed by atoms with Crippen molar-refractivity contribution in [2.75, 3.05) is 49.9 Å². The van der Waals surface area contributed by atoms with Crippen molar-refractivity contribution >= 4 is 21.6 Å². The fraction of sp³-hybridized carbons (Fsp3) is 0.500. The normalized spacial score (nSPS) is 17.2. The standard InChI is InChI=1S/C12H20N4O2S/c1-15(2)12-6-4-3-5-11(12)14-19(17,18)16-9-7-13-8-10-16/h3-6,13-14H,7-10H2,1-2H3. The van der Waals surface area contributed by atoms with Crippen LogP contribution in [0.2, 0.25) is 0 Å². The van der Waals surface area contributed by atoms with E-state index in [0.717, 1.165) is 5.69 Å². The molecule has 1 heterocycles. The summed E-state index contributed by atoms with van der Waals surface area (Å²) in [6, 6.07) is 7.37. The van der Waals surface area contributed by atoms with Gasteiger partial charge in [-0.05, 0) is 12.1 Å². The Balaban J connectivity index is 2.20. The molecule has 0 radical (unpaired) electrons. The number of nitrogens with zero attached hydrogens (tertiary/aromatic N) is 2. The lowest BCUT2D eigenvalue weighted by atomic mass is 10.2. The number of rotatable bonds is 4. The molecule has 2 rings (SSSR count). The quantitative estimate of drug-likeness (QED) is 0.835. The molecule has 0 atom stereocenters. The molecule has 0 spiro atoms. The zero-order valence-electron chi connectivity index (χ0n) is 11.3. The predicted molar refractivity (Wildman–Crippen MR) is 77.8 cm³/mol. The van der Waals surface area contributed by atoms with Gasteiger partial charge in [0.25, 0.3) is 0 Å². The van der Waals surface area contributed by atoms with Gasteiger partial charge in [-0.1, -0.05) is 12.1 Å². The first-order chi connectivity index (χ1) is 9.00. The van der Waals surface area contributed by atoms with Crippen LogP contribution in [0.3, 0.4) is 0 Å². The number of nitrogens with one attached hydrogen (secondary N) is 2. The summed E-state index contributed by atoms with van der Waals surface area (Å²) in [4.78, 5) is 1.88. The smallest absolute Gasteiger partial charge is 0.301 e. The molecule has 0 bridgehead atoms. The van der Waals surface area contributed by atoms with E-state index in [2.05, 4.69) is 10.0 Å². The van der Waals surface area contributed by atoms with Crippen LogP contribution in [0.5, 0.6) is 0 Å². The molecule has 2 N–H and O–H groups in total. The van der Waals surface area contributed by atoms with Crippen LogP contribution in [0, 0.1) is 0 Å². The highest BCUT2D eigenvalue weighted by molar-refractivity contribution is 7.90. The molecule has 1 fully saturated rings. The maximum Gasteiger partial charge on any atom is 0.301 e. The highest BCUT2D eigenvalue weighted by Crippen LogP contribution is 2.25. The molecule has 0 aliphatic carbocycles. The number of hydrogen-bond donors (Lipinski definition) is 2. The largest absolute Gasteiger partial charge is 0.376 e. The van der Waals surface area contributed by atoms with Gasteiger partial charge in [0.2, 0.25) is 0 Å². The third-order valence-electron chi connectivity index (χ3n) is 3.04. The molecule has 7 heteroatoms. The molecule has 106 valence electrons. The lowest BCUT2D eigenvalue weighted by Crippen LogP contribution is -2.48. The summed E-state index contributed by atoms with van der Waals surface area (Å²) in [5.41, 5.74) is 1.45. The second kappa shape index (κ2) is 5.77. The first kappa shape index (κ1) is 14.1. The third kappa shape index (κ3) is 3.37. The molecule has 1 aliphatic rings. The lowest BCUT2D eigenvalue weighted by Gasteiger charge is -2.28. The SMILES string of the molecule is CN(C)c1ccccc1NS(=O)(=O)N1CCNCC1. The summed E-state index contributed by atoms with van der Waals surface area (Å²) in [6.07, 6.45) is 0. The average Bonchev–Trinajstić information content (AvgIpc) is 2.39. The van der Waals surface area contributed by atoms with Crippen LogP contribution in [0.1, 0.15) is 0 Å². The van der Waals surface area contributed by atoms with Crippen molar-refractivity contribution in [3.8, 4) is 0 Å². The molecule has 0 saturated carbocycles. The number of para-hydroxylation sites is 2. The maximum atomic E-state index is 12.3. The van der Waals surface area contributed by atoms with E-state index >= 15 is 0 Å². The van der Waals surface area contributed by atoms with Gasteiger partial charge < -0.3 is 10.2 Å². The fourth-order valence-corrected chi connectivity index (χ4v) is 3.28. The Labute approximate surface area is 114 Å². The van der Waals surface area contributed by atoms with Gasteiger partial charge in [-0.3, -0.25) is 4.72 Å². The molecule has 1 aliphatic heterocycles. The first-order valence-corrected chi connectivity index (χ1v) is 7.70. The zero-order chi connectivity index (χ0) is 13.9. The Morgan fingerprint density at radius 2 is 1.84 bits per heavy atom. The molecule has 1 aromatic carbocycles. The summed E-state index contributed by atoms with van der Waals surface area (Å²) >= 11 is 0. The highest BCUT2D eigenvalue weighted by atomic mass is 32.2. The van der Waals surface area contributed by atoms with Crippen LogP contribution in [0.25, 0.3) is 0 Å². The predicted octanol–water partition coefficient (Wildman–Crippen LogP) is 0.314. The molecule has 1 saturated heterocycles. The monoisotopic (exact) mass is 284 g/mol. The Hall–Kier alpha value is -1.31. The molecule has 0 amide bonds. The Bertz CT molecular complexity index is 524. The van der Waals surface area contributed by atoms with E-state index < -0.39 is 10.2 Å². The topological polar surface area (TPSA) is 64.7 Å². The second-order valence-electron chi connectivity index (χ2n) is 4.67. The number of piperazine rings is 1.